The number of hydrogen-bond acceptors (Lipinski definition) is 7. The first-order valence-corrected chi connectivity index (χ1v) is 6.86. The van der Waals surface area contributed by atoms with Crippen LogP contribution in [-0.4, -0.2) is 25.6 Å². The molecule has 0 bridgehead atoms. The van der Waals surface area contributed by atoms with Crippen LogP contribution < -0.4 is 11.3 Å². The lowest BCUT2D eigenvalue weighted by atomic mass is 10.2. The molecule has 2 N–H and O–H groups in total. The van der Waals surface area contributed by atoms with E-state index in [-0.39, 0.29) is 23.8 Å². The monoisotopic (exact) mass is 305 g/mol. The molecule has 108 valence electrons. The Morgan fingerprint density at radius 1 is 1.48 bits per heavy atom. The molecule has 0 fully saturated rings. The average Bonchev–Trinajstić information content (AvgIpc) is 3.00. The predicted octanol–water partition coefficient (Wildman–Crippen LogP) is 0.605. The molecule has 0 unspecified atom stereocenters. The van der Waals surface area contributed by atoms with Crippen LogP contribution >= 0.6 is 11.3 Å². The number of nitrogens with zero attached hydrogens (tertiary/aromatic N) is 4. The summed E-state index contributed by atoms with van der Waals surface area (Å²) in [6.07, 6.45) is 1.43. The van der Waals surface area contributed by atoms with Gasteiger partial charge in [-0.1, -0.05) is 5.16 Å². The van der Waals surface area contributed by atoms with Crippen molar-refractivity contribution in [3.63, 3.8) is 0 Å². The lowest BCUT2D eigenvalue weighted by Crippen LogP contribution is -2.21. The van der Waals surface area contributed by atoms with Crippen LogP contribution in [0.3, 0.4) is 0 Å². The summed E-state index contributed by atoms with van der Waals surface area (Å²) in [4.78, 5) is 33.2. The van der Waals surface area contributed by atoms with E-state index in [2.05, 4.69) is 19.6 Å². The molecule has 0 aliphatic rings. The second-order valence-corrected chi connectivity index (χ2v) is 5.72. The molecule has 0 saturated carbocycles. The van der Waals surface area contributed by atoms with Gasteiger partial charge >= 0.3 is 11.8 Å². The predicted molar refractivity (Wildman–Crippen MR) is 75.3 cm³/mol. The maximum atomic E-state index is 12.5. The van der Waals surface area contributed by atoms with Crippen molar-refractivity contribution in [2.24, 2.45) is 5.73 Å². The second kappa shape index (κ2) is 4.77. The number of carbonyl (C=O) groups is 1. The fourth-order valence-electron chi connectivity index (χ4n) is 1.95. The van der Waals surface area contributed by atoms with E-state index in [0.717, 1.165) is 10.4 Å². The Bertz CT molecular complexity index is 907. The standard InChI is InChI=1S/C12H11N5O3S/c1-5-6(2)21-11-8(5)12(19)17(4-14-11)3-7-15-10(9(13)18)20-16-7/h4H,3H2,1-2H3,(H2,13,18). The van der Waals surface area contributed by atoms with Crippen molar-refractivity contribution in [1.29, 1.82) is 0 Å². The number of thiophene rings is 1. The van der Waals surface area contributed by atoms with E-state index in [1.807, 2.05) is 13.8 Å². The minimum atomic E-state index is -0.807. The first kappa shape index (κ1) is 13.4. The Balaban J connectivity index is 2.04. The van der Waals surface area contributed by atoms with Gasteiger partial charge in [0.05, 0.1) is 18.3 Å². The van der Waals surface area contributed by atoms with Crippen molar-refractivity contribution in [3.8, 4) is 0 Å². The largest absolute Gasteiger partial charge is 0.361 e. The number of hydrogen-bond donors (Lipinski definition) is 1. The zero-order valence-electron chi connectivity index (χ0n) is 11.3. The van der Waals surface area contributed by atoms with Gasteiger partial charge in [0.1, 0.15) is 4.83 Å². The molecule has 0 radical (unpaired) electrons. The average molecular weight is 305 g/mol. The molecule has 1 amide bonds. The number of fused-ring (bicyclic) bond motifs is 1. The molecule has 8 nitrogen and oxygen atoms in total. The van der Waals surface area contributed by atoms with Crippen molar-refractivity contribution < 1.29 is 9.32 Å². The van der Waals surface area contributed by atoms with Gasteiger partial charge in [-0.15, -0.1) is 11.3 Å². The summed E-state index contributed by atoms with van der Waals surface area (Å²) in [6, 6.07) is 0. The first-order valence-electron chi connectivity index (χ1n) is 6.05. The molecule has 0 aromatic carbocycles. The van der Waals surface area contributed by atoms with Crippen LogP contribution in [0.5, 0.6) is 0 Å². The highest BCUT2D eigenvalue weighted by Crippen LogP contribution is 2.25. The van der Waals surface area contributed by atoms with Gasteiger partial charge in [-0.25, -0.2) is 4.98 Å². The number of amides is 1. The molecule has 0 saturated heterocycles. The third kappa shape index (κ3) is 2.21. The topological polar surface area (TPSA) is 117 Å². The Labute approximate surface area is 122 Å². The summed E-state index contributed by atoms with van der Waals surface area (Å²) in [6.45, 7) is 3.90. The highest BCUT2D eigenvalue weighted by Gasteiger charge is 2.15. The van der Waals surface area contributed by atoms with Crippen molar-refractivity contribution >= 4 is 27.5 Å². The number of carbonyl (C=O) groups excluding carboxylic acids is 1. The van der Waals surface area contributed by atoms with Crippen LogP contribution in [0.15, 0.2) is 15.6 Å². The van der Waals surface area contributed by atoms with Gasteiger partial charge < -0.3 is 10.3 Å². The van der Waals surface area contributed by atoms with Crippen LogP contribution in [0.4, 0.5) is 0 Å². The molecular formula is C12H11N5O3S. The van der Waals surface area contributed by atoms with Crippen molar-refractivity contribution in [1.82, 2.24) is 19.7 Å². The van der Waals surface area contributed by atoms with Gasteiger partial charge in [0.15, 0.2) is 5.82 Å². The van der Waals surface area contributed by atoms with E-state index in [9.17, 15) is 9.59 Å². The molecule has 0 spiro atoms. The fraction of sp³-hybridized carbons (Fsp3) is 0.250. The van der Waals surface area contributed by atoms with E-state index < -0.39 is 5.91 Å². The maximum Gasteiger partial charge on any atom is 0.315 e. The SMILES string of the molecule is Cc1sc2ncn(Cc3noc(C(N)=O)n3)c(=O)c2c1C. The Morgan fingerprint density at radius 3 is 2.90 bits per heavy atom. The maximum absolute atomic E-state index is 12.5. The number of nitrogens with two attached hydrogens (primary N) is 1. The van der Waals surface area contributed by atoms with Gasteiger partial charge in [-0.2, -0.15) is 4.98 Å². The zero-order valence-corrected chi connectivity index (χ0v) is 12.1. The Morgan fingerprint density at radius 2 is 2.24 bits per heavy atom. The van der Waals surface area contributed by atoms with Crippen LogP contribution in [0, 0.1) is 13.8 Å². The van der Waals surface area contributed by atoms with Gasteiger partial charge in [0, 0.05) is 4.88 Å². The Hall–Kier alpha value is -2.55. The summed E-state index contributed by atoms with van der Waals surface area (Å²) in [5.74, 6) is -0.898. The summed E-state index contributed by atoms with van der Waals surface area (Å²) in [5.41, 5.74) is 5.78. The van der Waals surface area contributed by atoms with Crippen LogP contribution in [-0.2, 0) is 6.54 Å². The molecule has 0 aliphatic heterocycles. The van der Waals surface area contributed by atoms with Gasteiger partial charge in [0.2, 0.25) is 0 Å². The molecule has 0 atom stereocenters. The number of aryl methyl sites for hydroxylation is 2. The van der Waals surface area contributed by atoms with E-state index in [4.69, 9.17) is 5.73 Å². The van der Waals surface area contributed by atoms with Crippen LogP contribution in [0.2, 0.25) is 0 Å². The molecule has 0 aliphatic carbocycles. The minimum Gasteiger partial charge on any atom is -0.361 e. The first-order chi connectivity index (χ1) is 9.97. The molecule has 3 aromatic rings. The van der Waals surface area contributed by atoms with E-state index in [1.54, 1.807) is 0 Å². The minimum absolute atomic E-state index is 0.0624. The molecule has 3 aromatic heterocycles. The van der Waals surface area contributed by atoms with Crippen LogP contribution in [0.25, 0.3) is 10.2 Å². The number of rotatable bonds is 3. The smallest absolute Gasteiger partial charge is 0.315 e. The summed E-state index contributed by atoms with van der Waals surface area (Å²) < 4.78 is 6.06. The van der Waals surface area contributed by atoms with E-state index >= 15 is 0 Å². The Kier molecular flexibility index (Phi) is 3.05. The lowest BCUT2D eigenvalue weighted by molar-refractivity contribution is 0.0958. The summed E-state index contributed by atoms with van der Waals surface area (Å²) in [7, 11) is 0. The lowest BCUT2D eigenvalue weighted by Gasteiger charge is -2.01. The van der Waals surface area contributed by atoms with Gasteiger partial charge in [-0.05, 0) is 19.4 Å². The molecule has 3 heterocycles. The molecule has 9 heteroatoms. The highest BCUT2D eigenvalue weighted by molar-refractivity contribution is 7.18. The van der Waals surface area contributed by atoms with E-state index in [1.165, 1.54) is 22.2 Å². The van der Waals surface area contributed by atoms with E-state index in [0.29, 0.717) is 10.2 Å². The fourth-order valence-corrected chi connectivity index (χ4v) is 2.94. The zero-order chi connectivity index (χ0) is 15.1. The van der Waals surface area contributed by atoms with Gasteiger partial charge in [0.25, 0.3) is 5.56 Å². The van der Waals surface area contributed by atoms with Crippen molar-refractivity contribution in [2.75, 3.05) is 0 Å². The summed E-state index contributed by atoms with van der Waals surface area (Å²) >= 11 is 1.48. The van der Waals surface area contributed by atoms with Crippen LogP contribution in [0.1, 0.15) is 27.0 Å². The normalized spacial score (nSPS) is 11.1. The second-order valence-electron chi connectivity index (χ2n) is 4.52. The van der Waals surface area contributed by atoms with Gasteiger partial charge in [-0.3, -0.25) is 14.2 Å². The molecular weight excluding hydrogens is 294 g/mol. The highest BCUT2D eigenvalue weighted by atomic mass is 32.1. The quantitative estimate of drug-likeness (QED) is 0.757. The third-order valence-corrected chi connectivity index (χ3v) is 4.26. The number of aromatic nitrogens is 4. The third-order valence-electron chi connectivity index (χ3n) is 3.15. The summed E-state index contributed by atoms with van der Waals surface area (Å²) in [5, 5.41) is 4.21. The van der Waals surface area contributed by atoms with Crippen molar-refractivity contribution in [2.45, 2.75) is 20.4 Å². The molecule has 3 rings (SSSR count). The van der Waals surface area contributed by atoms with Crippen molar-refractivity contribution in [3.05, 3.63) is 38.8 Å². The number of primary amides is 1. The molecule has 21 heavy (non-hydrogen) atoms.